The predicted molar refractivity (Wildman–Crippen MR) is 56.2 cm³/mol. The van der Waals surface area contributed by atoms with E-state index in [0.717, 1.165) is 30.4 Å². The van der Waals surface area contributed by atoms with Crippen LogP contribution in [0.1, 0.15) is 25.0 Å². The molecule has 0 aromatic carbocycles. The maximum absolute atomic E-state index is 5.72. The number of hydrogen-bond donors (Lipinski definition) is 1. The van der Waals surface area contributed by atoms with Gasteiger partial charge in [0.05, 0.1) is 6.61 Å². The van der Waals surface area contributed by atoms with Gasteiger partial charge in [-0.15, -0.1) is 0 Å². The quantitative estimate of drug-likeness (QED) is 0.795. The second-order valence-corrected chi connectivity index (χ2v) is 3.92. The first-order valence-electron chi connectivity index (χ1n) is 5.11. The fourth-order valence-corrected chi connectivity index (χ4v) is 1.43. The molecule has 1 fully saturated rings. The van der Waals surface area contributed by atoms with Crippen molar-refractivity contribution in [1.82, 2.24) is 4.98 Å². The minimum atomic E-state index is 0.501. The number of anilines is 1. The van der Waals surface area contributed by atoms with Gasteiger partial charge in [0.25, 0.3) is 0 Å². The van der Waals surface area contributed by atoms with Gasteiger partial charge < -0.3 is 10.5 Å². The molecule has 14 heavy (non-hydrogen) atoms. The Hall–Kier alpha value is -1.25. The zero-order valence-electron chi connectivity index (χ0n) is 8.49. The lowest BCUT2D eigenvalue weighted by atomic mass is 10.3. The summed E-state index contributed by atoms with van der Waals surface area (Å²) >= 11 is 0. The van der Waals surface area contributed by atoms with Crippen molar-refractivity contribution in [3.63, 3.8) is 0 Å². The maximum Gasteiger partial charge on any atom is 0.166 e. The lowest BCUT2D eigenvalue weighted by Gasteiger charge is -2.07. The predicted octanol–water partition coefficient (Wildman–Crippen LogP) is 2.15. The van der Waals surface area contributed by atoms with Gasteiger partial charge in [-0.05, 0) is 31.4 Å². The van der Waals surface area contributed by atoms with Crippen molar-refractivity contribution in [2.75, 3.05) is 12.3 Å². The summed E-state index contributed by atoms with van der Waals surface area (Å²) in [5.74, 6) is 2.12. The van der Waals surface area contributed by atoms with Gasteiger partial charge in [-0.25, -0.2) is 4.98 Å². The molecule has 2 rings (SSSR count). The first-order valence-corrected chi connectivity index (χ1v) is 5.11. The summed E-state index contributed by atoms with van der Waals surface area (Å²) in [4.78, 5) is 4.14. The van der Waals surface area contributed by atoms with Crippen molar-refractivity contribution < 1.29 is 4.74 Å². The third-order valence-corrected chi connectivity index (χ3v) is 2.51. The van der Waals surface area contributed by atoms with Crippen LogP contribution in [0.5, 0.6) is 5.75 Å². The summed E-state index contributed by atoms with van der Waals surface area (Å²) in [5.41, 5.74) is 6.65. The lowest BCUT2D eigenvalue weighted by Crippen LogP contribution is -2.02. The van der Waals surface area contributed by atoms with Gasteiger partial charge in [0, 0.05) is 5.69 Å². The molecule has 1 aliphatic rings. The summed E-state index contributed by atoms with van der Waals surface area (Å²) in [7, 11) is 0. The number of ether oxygens (including phenoxy) is 1. The van der Waals surface area contributed by atoms with Gasteiger partial charge in [-0.1, -0.05) is 12.8 Å². The smallest absolute Gasteiger partial charge is 0.166 e. The van der Waals surface area contributed by atoms with Crippen LogP contribution in [-0.2, 0) is 0 Å². The second-order valence-electron chi connectivity index (χ2n) is 3.92. The van der Waals surface area contributed by atoms with Crippen LogP contribution in [0.25, 0.3) is 0 Å². The van der Waals surface area contributed by atoms with E-state index in [1.165, 1.54) is 12.8 Å². The van der Waals surface area contributed by atoms with E-state index in [2.05, 4.69) is 4.98 Å². The van der Waals surface area contributed by atoms with E-state index in [0.29, 0.717) is 5.82 Å². The Bertz CT molecular complexity index is 321. The largest absolute Gasteiger partial charge is 0.490 e. The summed E-state index contributed by atoms with van der Waals surface area (Å²) in [6, 6.07) is 3.81. The first kappa shape index (κ1) is 9.31. The standard InChI is InChI=1S/C11H16N2O/c1-8-2-5-10(11(12)13-8)14-7-6-9-3-4-9/h2,5,9H,3-4,6-7H2,1H3,(H2,12,13). The fraction of sp³-hybridized carbons (Fsp3) is 0.545. The van der Waals surface area contributed by atoms with Crippen LogP contribution in [-0.4, -0.2) is 11.6 Å². The highest BCUT2D eigenvalue weighted by Crippen LogP contribution is 2.32. The summed E-state index contributed by atoms with van der Waals surface area (Å²) in [6.45, 7) is 2.68. The van der Waals surface area contributed by atoms with E-state index in [1.807, 2.05) is 19.1 Å². The highest BCUT2D eigenvalue weighted by molar-refractivity contribution is 5.46. The average molecular weight is 192 g/mol. The Kier molecular flexibility index (Phi) is 2.57. The molecule has 0 saturated heterocycles. The van der Waals surface area contributed by atoms with Gasteiger partial charge in [-0.2, -0.15) is 0 Å². The van der Waals surface area contributed by atoms with E-state index in [9.17, 15) is 0 Å². The number of hydrogen-bond acceptors (Lipinski definition) is 3. The zero-order valence-corrected chi connectivity index (χ0v) is 8.49. The number of nitrogen functional groups attached to an aromatic ring is 1. The Morgan fingerprint density at radius 2 is 2.29 bits per heavy atom. The third kappa shape index (κ3) is 2.37. The number of pyridine rings is 1. The molecule has 0 radical (unpaired) electrons. The average Bonchev–Trinajstić information content (AvgIpc) is 2.92. The summed E-state index contributed by atoms with van der Waals surface area (Å²) in [6.07, 6.45) is 3.88. The molecule has 0 atom stereocenters. The molecule has 0 bridgehead atoms. The van der Waals surface area contributed by atoms with E-state index >= 15 is 0 Å². The normalized spacial score (nSPS) is 15.5. The number of rotatable bonds is 4. The Balaban J connectivity index is 1.87. The van der Waals surface area contributed by atoms with Crippen molar-refractivity contribution in [3.05, 3.63) is 17.8 Å². The molecule has 76 valence electrons. The van der Waals surface area contributed by atoms with E-state index in [4.69, 9.17) is 10.5 Å². The van der Waals surface area contributed by atoms with Gasteiger partial charge in [0.15, 0.2) is 11.6 Å². The molecule has 1 saturated carbocycles. The molecule has 1 aromatic heterocycles. The van der Waals surface area contributed by atoms with Crippen molar-refractivity contribution in [3.8, 4) is 5.75 Å². The molecule has 2 N–H and O–H groups in total. The Morgan fingerprint density at radius 3 is 2.93 bits per heavy atom. The fourth-order valence-electron chi connectivity index (χ4n) is 1.43. The molecule has 0 amide bonds. The molecule has 1 aromatic rings. The van der Waals surface area contributed by atoms with E-state index < -0.39 is 0 Å². The minimum Gasteiger partial charge on any atom is -0.490 e. The minimum absolute atomic E-state index is 0.501. The van der Waals surface area contributed by atoms with Gasteiger partial charge in [-0.3, -0.25) is 0 Å². The van der Waals surface area contributed by atoms with Crippen LogP contribution in [0.2, 0.25) is 0 Å². The molecule has 0 aliphatic heterocycles. The number of nitrogens with zero attached hydrogens (tertiary/aromatic N) is 1. The van der Waals surface area contributed by atoms with Crippen LogP contribution < -0.4 is 10.5 Å². The third-order valence-electron chi connectivity index (χ3n) is 2.51. The number of aryl methyl sites for hydroxylation is 1. The first-order chi connectivity index (χ1) is 6.75. The van der Waals surface area contributed by atoms with Crippen LogP contribution in [0.3, 0.4) is 0 Å². The van der Waals surface area contributed by atoms with Crippen molar-refractivity contribution in [1.29, 1.82) is 0 Å². The highest BCUT2D eigenvalue weighted by atomic mass is 16.5. The molecule has 1 aliphatic carbocycles. The molecular formula is C11H16N2O. The molecule has 0 spiro atoms. The van der Waals surface area contributed by atoms with Crippen molar-refractivity contribution in [2.24, 2.45) is 5.92 Å². The van der Waals surface area contributed by atoms with Gasteiger partial charge in [0.1, 0.15) is 0 Å². The Morgan fingerprint density at radius 1 is 1.50 bits per heavy atom. The monoisotopic (exact) mass is 192 g/mol. The van der Waals surface area contributed by atoms with Crippen LogP contribution in [0, 0.1) is 12.8 Å². The Labute approximate surface area is 84.3 Å². The summed E-state index contributed by atoms with van der Waals surface area (Å²) < 4.78 is 5.56. The van der Waals surface area contributed by atoms with Gasteiger partial charge >= 0.3 is 0 Å². The molecule has 1 heterocycles. The number of nitrogens with two attached hydrogens (primary N) is 1. The van der Waals surface area contributed by atoms with Gasteiger partial charge in [0.2, 0.25) is 0 Å². The van der Waals surface area contributed by atoms with Crippen molar-refractivity contribution >= 4 is 5.82 Å². The highest BCUT2D eigenvalue weighted by Gasteiger charge is 2.20. The summed E-state index contributed by atoms with van der Waals surface area (Å²) in [5, 5.41) is 0. The van der Waals surface area contributed by atoms with Crippen LogP contribution in [0.15, 0.2) is 12.1 Å². The molecule has 0 unspecified atom stereocenters. The molecular weight excluding hydrogens is 176 g/mol. The number of aromatic nitrogens is 1. The van der Waals surface area contributed by atoms with Crippen LogP contribution in [0.4, 0.5) is 5.82 Å². The van der Waals surface area contributed by atoms with E-state index in [-0.39, 0.29) is 0 Å². The zero-order chi connectivity index (χ0) is 9.97. The molecule has 3 nitrogen and oxygen atoms in total. The lowest BCUT2D eigenvalue weighted by molar-refractivity contribution is 0.303. The topological polar surface area (TPSA) is 48.1 Å². The van der Waals surface area contributed by atoms with Crippen LogP contribution >= 0.6 is 0 Å². The van der Waals surface area contributed by atoms with E-state index in [1.54, 1.807) is 0 Å². The van der Waals surface area contributed by atoms with Crippen molar-refractivity contribution in [2.45, 2.75) is 26.2 Å². The SMILES string of the molecule is Cc1ccc(OCCC2CC2)c(N)n1. The maximum atomic E-state index is 5.72. The molecule has 3 heteroatoms. The second kappa shape index (κ2) is 3.86.